The number of aliphatic hydroxyl groups excluding tert-OH is 1. The molecule has 0 fully saturated rings. The van der Waals surface area contributed by atoms with E-state index in [-0.39, 0.29) is 5.92 Å². The minimum atomic E-state index is -0.631. The predicted octanol–water partition coefficient (Wildman–Crippen LogP) is 1.91. The number of pyridine rings is 1. The largest absolute Gasteiger partial charge is 0.388 e. The summed E-state index contributed by atoms with van der Waals surface area (Å²) < 4.78 is 12.6. The van der Waals surface area contributed by atoms with Crippen LogP contribution < -0.4 is 0 Å². The zero-order valence-electron chi connectivity index (χ0n) is 7.16. The van der Waals surface area contributed by atoms with Crippen LogP contribution in [0.3, 0.4) is 0 Å². The molecule has 1 rings (SSSR count). The van der Waals surface area contributed by atoms with Crippen molar-refractivity contribution in [1.82, 2.24) is 4.98 Å². The van der Waals surface area contributed by atoms with Crippen LogP contribution >= 0.6 is 0 Å². The first-order valence-corrected chi connectivity index (χ1v) is 3.89. The van der Waals surface area contributed by atoms with Gasteiger partial charge in [-0.3, -0.25) is 4.98 Å². The van der Waals surface area contributed by atoms with Gasteiger partial charge in [0.2, 0.25) is 0 Å². The molecule has 1 atom stereocenters. The van der Waals surface area contributed by atoms with E-state index in [1.807, 2.05) is 13.8 Å². The van der Waals surface area contributed by atoms with Crippen molar-refractivity contribution in [2.75, 3.05) is 0 Å². The number of hydrogen-bond donors (Lipinski definition) is 1. The molecule has 66 valence electrons. The van der Waals surface area contributed by atoms with Crippen LogP contribution in [0, 0.1) is 11.7 Å². The van der Waals surface area contributed by atoms with Gasteiger partial charge in [-0.1, -0.05) is 13.8 Å². The van der Waals surface area contributed by atoms with Gasteiger partial charge in [-0.05, 0) is 12.0 Å². The molecule has 2 nitrogen and oxygen atoms in total. The van der Waals surface area contributed by atoms with Crippen LogP contribution in [-0.4, -0.2) is 10.1 Å². The molecule has 0 spiro atoms. The second-order valence-electron chi connectivity index (χ2n) is 3.13. The van der Waals surface area contributed by atoms with E-state index < -0.39 is 11.9 Å². The number of rotatable bonds is 2. The minimum Gasteiger partial charge on any atom is -0.388 e. The molecule has 0 aromatic carbocycles. The van der Waals surface area contributed by atoms with Gasteiger partial charge >= 0.3 is 0 Å². The Kier molecular flexibility index (Phi) is 2.76. The van der Waals surface area contributed by atoms with Crippen LogP contribution in [0.25, 0.3) is 0 Å². The standard InChI is InChI=1S/C9H12FNO/c1-6(2)9(12)7-3-8(10)5-11-4-7/h3-6,9,12H,1-2H3. The van der Waals surface area contributed by atoms with E-state index in [1.54, 1.807) is 0 Å². The van der Waals surface area contributed by atoms with Gasteiger partial charge in [-0.25, -0.2) is 4.39 Å². The number of nitrogens with zero attached hydrogens (tertiary/aromatic N) is 1. The molecule has 3 heteroatoms. The molecule has 0 saturated heterocycles. The van der Waals surface area contributed by atoms with E-state index in [0.29, 0.717) is 5.56 Å². The Morgan fingerprint density at radius 1 is 1.42 bits per heavy atom. The quantitative estimate of drug-likeness (QED) is 0.733. The fraction of sp³-hybridized carbons (Fsp3) is 0.444. The number of halogens is 1. The molecule has 0 aliphatic rings. The van der Waals surface area contributed by atoms with Crippen molar-refractivity contribution in [3.8, 4) is 0 Å². The highest BCUT2D eigenvalue weighted by atomic mass is 19.1. The maximum Gasteiger partial charge on any atom is 0.141 e. The fourth-order valence-electron chi connectivity index (χ4n) is 0.975. The van der Waals surface area contributed by atoms with Crippen molar-refractivity contribution in [2.24, 2.45) is 5.92 Å². The fourth-order valence-corrected chi connectivity index (χ4v) is 0.975. The smallest absolute Gasteiger partial charge is 0.141 e. The summed E-state index contributed by atoms with van der Waals surface area (Å²) in [6, 6.07) is 1.30. The van der Waals surface area contributed by atoms with Gasteiger partial charge < -0.3 is 5.11 Å². The molecule has 1 unspecified atom stereocenters. The first kappa shape index (κ1) is 9.13. The Labute approximate surface area is 71.1 Å². The number of aliphatic hydroxyl groups is 1. The lowest BCUT2D eigenvalue weighted by Gasteiger charge is -2.13. The molecule has 0 amide bonds. The summed E-state index contributed by atoms with van der Waals surface area (Å²) in [4.78, 5) is 3.65. The zero-order chi connectivity index (χ0) is 9.14. The molecule has 1 N–H and O–H groups in total. The van der Waals surface area contributed by atoms with Gasteiger partial charge in [0, 0.05) is 11.8 Å². The van der Waals surface area contributed by atoms with E-state index >= 15 is 0 Å². The summed E-state index contributed by atoms with van der Waals surface area (Å²) in [5.41, 5.74) is 0.532. The van der Waals surface area contributed by atoms with Gasteiger partial charge in [0.05, 0.1) is 12.3 Å². The van der Waals surface area contributed by atoms with Crippen molar-refractivity contribution in [2.45, 2.75) is 20.0 Å². The second kappa shape index (κ2) is 3.63. The Bertz CT molecular complexity index is 262. The summed E-state index contributed by atoms with van der Waals surface area (Å²) in [6.07, 6.45) is 1.97. The van der Waals surface area contributed by atoms with Crippen molar-refractivity contribution in [3.05, 3.63) is 29.8 Å². The van der Waals surface area contributed by atoms with E-state index in [2.05, 4.69) is 4.98 Å². The topological polar surface area (TPSA) is 33.1 Å². The second-order valence-corrected chi connectivity index (χ2v) is 3.13. The monoisotopic (exact) mass is 169 g/mol. The lowest BCUT2D eigenvalue weighted by Crippen LogP contribution is -2.05. The minimum absolute atomic E-state index is 0.0774. The molecule has 1 heterocycles. The Hall–Kier alpha value is -0.960. The first-order chi connectivity index (χ1) is 5.61. The summed E-state index contributed by atoms with van der Waals surface area (Å²) in [5.74, 6) is -0.333. The maximum absolute atomic E-state index is 12.6. The predicted molar refractivity (Wildman–Crippen MR) is 44.0 cm³/mol. The zero-order valence-corrected chi connectivity index (χ0v) is 7.16. The van der Waals surface area contributed by atoms with Crippen molar-refractivity contribution < 1.29 is 9.50 Å². The lowest BCUT2D eigenvalue weighted by molar-refractivity contribution is 0.126. The van der Waals surface area contributed by atoms with E-state index in [9.17, 15) is 9.50 Å². The van der Waals surface area contributed by atoms with Crippen molar-refractivity contribution >= 4 is 0 Å². The number of aromatic nitrogens is 1. The summed E-state index contributed by atoms with van der Waals surface area (Å²) in [6.45, 7) is 3.74. The third-order valence-corrected chi connectivity index (χ3v) is 1.70. The summed E-state index contributed by atoms with van der Waals surface area (Å²) in [5, 5.41) is 9.52. The lowest BCUT2D eigenvalue weighted by atomic mass is 10.0. The van der Waals surface area contributed by atoms with E-state index in [1.165, 1.54) is 12.3 Å². The summed E-state index contributed by atoms with van der Waals surface area (Å²) >= 11 is 0. The normalized spacial score (nSPS) is 13.4. The summed E-state index contributed by atoms with van der Waals surface area (Å²) in [7, 11) is 0. The van der Waals surface area contributed by atoms with Crippen LogP contribution in [0.1, 0.15) is 25.5 Å². The Morgan fingerprint density at radius 3 is 2.58 bits per heavy atom. The molecular weight excluding hydrogens is 157 g/mol. The third kappa shape index (κ3) is 2.01. The average Bonchev–Trinajstić information content (AvgIpc) is 2.03. The van der Waals surface area contributed by atoms with Crippen LogP contribution in [0.15, 0.2) is 18.5 Å². The molecule has 1 aromatic rings. The number of hydrogen-bond acceptors (Lipinski definition) is 2. The van der Waals surface area contributed by atoms with Crippen LogP contribution in [0.5, 0.6) is 0 Å². The highest BCUT2D eigenvalue weighted by Crippen LogP contribution is 2.20. The molecule has 0 radical (unpaired) electrons. The van der Waals surface area contributed by atoms with Crippen LogP contribution in [0.4, 0.5) is 4.39 Å². The molecule has 0 aliphatic carbocycles. The van der Waals surface area contributed by atoms with Gasteiger partial charge in [0.1, 0.15) is 5.82 Å². The molecular formula is C9H12FNO. The van der Waals surface area contributed by atoms with Crippen molar-refractivity contribution in [1.29, 1.82) is 0 Å². The Balaban J connectivity index is 2.88. The van der Waals surface area contributed by atoms with Gasteiger partial charge in [-0.15, -0.1) is 0 Å². The Morgan fingerprint density at radius 2 is 2.08 bits per heavy atom. The van der Waals surface area contributed by atoms with Crippen LogP contribution in [-0.2, 0) is 0 Å². The average molecular weight is 169 g/mol. The molecule has 0 saturated carbocycles. The third-order valence-electron chi connectivity index (χ3n) is 1.70. The highest BCUT2D eigenvalue weighted by Gasteiger charge is 2.12. The van der Waals surface area contributed by atoms with Crippen molar-refractivity contribution in [3.63, 3.8) is 0 Å². The SMILES string of the molecule is CC(C)C(O)c1cncc(F)c1. The maximum atomic E-state index is 12.6. The molecule has 12 heavy (non-hydrogen) atoms. The van der Waals surface area contributed by atoms with Gasteiger partial charge in [-0.2, -0.15) is 0 Å². The van der Waals surface area contributed by atoms with E-state index in [4.69, 9.17) is 0 Å². The van der Waals surface area contributed by atoms with Crippen LogP contribution in [0.2, 0.25) is 0 Å². The van der Waals surface area contributed by atoms with Gasteiger partial charge in [0.15, 0.2) is 0 Å². The first-order valence-electron chi connectivity index (χ1n) is 3.89. The van der Waals surface area contributed by atoms with Gasteiger partial charge in [0.25, 0.3) is 0 Å². The molecule has 0 bridgehead atoms. The highest BCUT2D eigenvalue weighted by molar-refractivity contribution is 5.13. The van der Waals surface area contributed by atoms with E-state index in [0.717, 1.165) is 6.20 Å². The molecule has 1 aromatic heterocycles. The molecule has 0 aliphatic heterocycles.